The summed E-state index contributed by atoms with van der Waals surface area (Å²) in [5.74, 6) is 0.650. The molecule has 0 fully saturated rings. The summed E-state index contributed by atoms with van der Waals surface area (Å²) in [6, 6.07) is 0. The van der Waals surface area contributed by atoms with E-state index >= 15 is 0 Å². The maximum absolute atomic E-state index is 5.89. The maximum atomic E-state index is 5.89. The molecule has 0 radical (unpaired) electrons. The van der Waals surface area contributed by atoms with E-state index in [-0.39, 0.29) is 0 Å². The second kappa shape index (κ2) is 37.0. The predicted octanol–water partition coefficient (Wildman–Crippen LogP) is 6.59. The summed E-state index contributed by atoms with van der Waals surface area (Å²) in [6.07, 6.45) is 14.2. The van der Waals surface area contributed by atoms with Gasteiger partial charge in [0.05, 0.1) is 137 Å². The van der Waals surface area contributed by atoms with Crippen molar-refractivity contribution in [1.29, 1.82) is 0 Å². The van der Waals surface area contributed by atoms with Gasteiger partial charge in [0, 0.05) is 38.6 Å². The van der Waals surface area contributed by atoms with Gasteiger partial charge < -0.3 is 42.6 Å². The molecule has 368 valence electrons. The van der Waals surface area contributed by atoms with Gasteiger partial charge in [-0.15, -0.1) is 10.2 Å². The number of rotatable bonds is 44. The Balaban J connectivity index is 1.50. The molecule has 2 aromatic rings. The van der Waals surface area contributed by atoms with Crippen LogP contribution in [0.3, 0.4) is 0 Å². The first-order valence-electron chi connectivity index (χ1n) is 24.1. The molecule has 0 atom stereocenters. The lowest BCUT2D eigenvalue weighted by molar-refractivity contribution is -0.00677. The van der Waals surface area contributed by atoms with E-state index in [0.29, 0.717) is 142 Å². The van der Waals surface area contributed by atoms with Crippen LogP contribution in [0.15, 0.2) is 12.4 Å². The molecule has 0 aliphatic heterocycles. The molecule has 2 aromatic heterocycles. The van der Waals surface area contributed by atoms with Crippen molar-refractivity contribution in [2.45, 2.75) is 126 Å². The van der Waals surface area contributed by atoms with Crippen molar-refractivity contribution in [2.75, 3.05) is 139 Å². The molecular weight excluding hydrogens is 807 g/mol. The van der Waals surface area contributed by atoms with Gasteiger partial charge in [-0.2, -0.15) is 0 Å². The largest absolute Gasteiger partial charge is 0.379 e. The standard InChI is InChI=1S/C47H91N7O9/c1-43(2)15-23-55-29-35-61-36-30-56-24-18-52(19-25-57-31-37-62-39-33-59-27-21-53-41-44(48-50-53)13-9-11-16-46(3,4)5)20-26-58-32-38-63-40-34-60-28-22-54-42-45(49-51-54)14-10-12-17-47(6,7)8/h41-43H,9-40H2,1-8H3. The van der Waals surface area contributed by atoms with Crippen LogP contribution < -0.4 is 0 Å². The van der Waals surface area contributed by atoms with Gasteiger partial charge in [-0.1, -0.05) is 78.7 Å². The minimum absolute atomic E-state index is 0.383. The Kier molecular flexibility index (Phi) is 33.5. The van der Waals surface area contributed by atoms with Crippen molar-refractivity contribution in [3.63, 3.8) is 0 Å². The maximum Gasteiger partial charge on any atom is 0.0827 e. The second-order valence-corrected chi connectivity index (χ2v) is 19.0. The number of hydrogen-bond donors (Lipinski definition) is 0. The Morgan fingerprint density at radius 1 is 0.444 bits per heavy atom. The number of aryl methyl sites for hydroxylation is 2. The summed E-state index contributed by atoms with van der Waals surface area (Å²) in [4.78, 5) is 2.29. The van der Waals surface area contributed by atoms with E-state index in [1.807, 2.05) is 21.8 Å². The SMILES string of the molecule is CC(C)CCOCCOCCOCCN(CCOCCOCCOCCn1cc(CCCCC(C)(C)C)nn1)CCOCCOCCOCCn1cc(CCCCC(C)(C)C)nn1. The van der Waals surface area contributed by atoms with Crippen LogP contribution in [0.4, 0.5) is 0 Å². The number of ether oxygens (including phenoxy) is 9. The minimum atomic E-state index is 0.383. The van der Waals surface area contributed by atoms with Crippen LogP contribution in [0.5, 0.6) is 0 Å². The molecule has 0 aromatic carbocycles. The zero-order valence-corrected chi connectivity index (χ0v) is 41.2. The third-order valence-corrected chi connectivity index (χ3v) is 10.0. The summed E-state index contributed by atoms with van der Waals surface area (Å²) >= 11 is 0. The van der Waals surface area contributed by atoms with Crippen molar-refractivity contribution in [1.82, 2.24) is 34.9 Å². The third kappa shape index (κ3) is 36.8. The molecule has 16 nitrogen and oxygen atoms in total. The van der Waals surface area contributed by atoms with Gasteiger partial charge in [-0.25, -0.2) is 9.36 Å². The highest BCUT2D eigenvalue weighted by Crippen LogP contribution is 2.23. The van der Waals surface area contributed by atoms with E-state index in [0.717, 1.165) is 69.7 Å². The highest BCUT2D eigenvalue weighted by atomic mass is 16.6. The quantitative estimate of drug-likeness (QED) is 0.0660. The highest BCUT2D eigenvalue weighted by Gasteiger charge is 2.11. The zero-order chi connectivity index (χ0) is 45.7. The van der Waals surface area contributed by atoms with Crippen molar-refractivity contribution in [3.8, 4) is 0 Å². The summed E-state index contributed by atoms with van der Waals surface area (Å²) in [7, 11) is 0. The van der Waals surface area contributed by atoms with E-state index in [1.165, 1.54) is 25.7 Å². The van der Waals surface area contributed by atoms with Crippen molar-refractivity contribution >= 4 is 0 Å². The van der Waals surface area contributed by atoms with Gasteiger partial charge >= 0.3 is 0 Å². The highest BCUT2D eigenvalue weighted by molar-refractivity contribution is 4.93. The van der Waals surface area contributed by atoms with Crippen LogP contribution in [0.25, 0.3) is 0 Å². The second-order valence-electron chi connectivity index (χ2n) is 19.0. The molecule has 63 heavy (non-hydrogen) atoms. The Morgan fingerprint density at radius 3 is 1.10 bits per heavy atom. The number of nitrogens with zero attached hydrogens (tertiary/aromatic N) is 7. The fourth-order valence-corrected chi connectivity index (χ4v) is 6.22. The normalized spacial score (nSPS) is 12.5. The molecule has 0 aliphatic carbocycles. The predicted molar refractivity (Wildman–Crippen MR) is 247 cm³/mol. The lowest BCUT2D eigenvalue weighted by Crippen LogP contribution is -2.34. The van der Waals surface area contributed by atoms with Crippen LogP contribution in [0, 0.1) is 16.7 Å². The number of hydrogen-bond acceptors (Lipinski definition) is 14. The first-order valence-corrected chi connectivity index (χ1v) is 24.1. The number of aromatic nitrogens is 6. The van der Waals surface area contributed by atoms with E-state index in [1.54, 1.807) is 0 Å². The molecule has 0 aliphatic rings. The molecule has 16 heteroatoms. The average Bonchev–Trinajstić information content (AvgIpc) is 3.89. The summed E-state index contributed by atoms with van der Waals surface area (Å²) in [6.45, 7) is 32.0. The summed E-state index contributed by atoms with van der Waals surface area (Å²) in [5.41, 5.74) is 2.86. The fraction of sp³-hybridized carbons (Fsp3) is 0.915. The van der Waals surface area contributed by atoms with Gasteiger partial charge in [-0.3, -0.25) is 4.90 Å². The van der Waals surface area contributed by atoms with Gasteiger partial charge in [0.2, 0.25) is 0 Å². The van der Waals surface area contributed by atoms with Crippen LogP contribution in [0.2, 0.25) is 0 Å². The van der Waals surface area contributed by atoms with Crippen molar-refractivity contribution in [3.05, 3.63) is 23.8 Å². The van der Waals surface area contributed by atoms with Gasteiger partial charge in [-0.05, 0) is 61.7 Å². The lowest BCUT2D eigenvalue weighted by atomic mass is 9.89. The van der Waals surface area contributed by atoms with Gasteiger partial charge in [0.15, 0.2) is 0 Å². The molecule has 0 amide bonds. The topological polar surface area (TPSA) is 148 Å². The van der Waals surface area contributed by atoms with Crippen LogP contribution in [-0.4, -0.2) is 173 Å². The minimum Gasteiger partial charge on any atom is -0.379 e. The van der Waals surface area contributed by atoms with E-state index < -0.39 is 0 Å². The molecule has 2 rings (SSSR count). The smallest absolute Gasteiger partial charge is 0.0827 e. The average molecular weight is 898 g/mol. The third-order valence-electron chi connectivity index (χ3n) is 10.0. The number of unbranched alkanes of at least 4 members (excludes halogenated alkanes) is 2. The van der Waals surface area contributed by atoms with Gasteiger partial charge in [0.1, 0.15) is 0 Å². The Labute approximate surface area is 382 Å². The summed E-state index contributed by atoms with van der Waals surface area (Å²) < 4.78 is 55.5. The summed E-state index contributed by atoms with van der Waals surface area (Å²) in [5, 5.41) is 17.1. The van der Waals surface area contributed by atoms with E-state index in [9.17, 15) is 0 Å². The monoisotopic (exact) mass is 898 g/mol. The first-order chi connectivity index (χ1) is 30.4. The Morgan fingerprint density at radius 2 is 0.762 bits per heavy atom. The zero-order valence-electron chi connectivity index (χ0n) is 41.2. The van der Waals surface area contributed by atoms with Gasteiger partial charge in [0.25, 0.3) is 0 Å². The van der Waals surface area contributed by atoms with E-state index in [4.69, 9.17) is 42.6 Å². The van der Waals surface area contributed by atoms with Crippen LogP contribution >= 0.6 is 0 Å². The molecule has 0 spiro atoms. The molecule has 0 bridgehead atoms. The lowest BCUT2D eigenvalue weighted by Gasteiger charge is -2.22. The fourth-order valence-electron chi connectivity index (χ4n) is 6.22. The van der Waals surface area contributed by atoms with Crippen molar-refractivity contribution < 1.29 is 42.6 Å². The Bertz CT molecular complexity index is 1220. The van der Waals surface area contributed by atoms with Crippen molar-refractivity contribution in [2.24, 2.45) is 16.7 Å². The molecule has 0 unspecified atom stereocenters. The molecule has 0 N–H and O–H groups in total. The van der Waals surface area contributed by atoms with Crippen LogP contribution in [0.1, 0.15) is 112 Å². The van der Waals surface area contributed by atoms with Crippen LogP contribution in [-0.2, 0) is 68.6 Å². The molecule has 2 heterocycles. The Hall–Kier alpha value is -2.12. The van der Waals surface area contributed by atoms with E-state index in [2.05, 4.69) is 80.9 Å². The molecule has 0 saturated heterocycles. The molecule has 0 saturated carbocycles. The molecular formula is C47H91N7O9. The first kappa shape index (κ1) is 57.0.